The van der Waals surface area contributed by atoms with E-state index >= 15 is 0 Å². The van der Waals surface area contributed by atoms with E-state index in [1.54, 1.807) is 60.7 Å². The number of aromatic nitrogens is 1. The van der Waals surface area contributed by atoms with Crippen molar-refractivity contribution >= 4 is 34.3 Å². The molecule has 0 radical (unpaired) electrons. The van der Waals surface area contributed by atoms with Gasteiger partial charge in [-0.2, -0.15) is 0 Å². The molecule has 1 aliphatic heterocycles. The molecule has 0 unspecified atom stereocenters. The Bertz CT molecular complexity index is 1390. The van der Waals surface area contributed by atoms with Crippen molar-refractivity contribution in [2.24, 2.45) is 0 Å². The van der Waals surface area contributed by atoms with E-state index in [1.807, 2.05) is 0 Å². The summed E-state index contributed by atoms with van der Waals surface area (Å²) in [7, 11) is 0. The summed E-state index contributed by atoms with van der Waals surface area (Å²) in [6, 6.07) is 18.5. The number of halogens is 1. The van der Waals surface area contributed by atoms with Crippen LogP contribution in [0.5, 0.6) is 0 Å². The fourth-order valence-electron chi connectivity index (χ4n) is 3.48. The number of fused-ring (bicyclic) bond motifs is 2. The molecule has 0 spiro atoms. The third-order valence-electron chi connectivity index (χ3n) is 5.01. The molecule has 146 valence electrons. The third-order valence-corrected chi connectivity index (χ3v) is 5.26. The van der Waals surface area contributed by atoms with Crippen LogP contribution >= 0.6 is 11.6 Å². The van der Waals surface area contributed by atoms with E-state index in [-0.39, 0.29) is 23.9 Å². The topological polar surface area (TPSA) is 80.5 Å². The monoisotopic (exact) mass is 416 g/mol. The molecule has 30 heavy (non-hydrogen) atoms. The van der Waals surface area contributed by atoms with Crippen molar-refractivity contribution in [1.82, 2.24) is 9.88 Å². The van der Waals surface area contributed by atoms with Gasteiger partial charge in [0.05, 0.1) is 28.6 Å². The Kier molecular flexibility index (Phi) is 4.22. The second kappa shape index (κ2) is 6.93. The van der Waals surface area contributed by atoms with Crippen molar-refractivity contribution in [3.63, 3.8) is 0 Å². The van der Waals surface area contributed by atoms with Crippen LogP contribution in [0.2, 0.25) is 5.02 Å². The number of amides is 2. The number of imide groups is 1. The molecule has 0 aliphatic carbocycles. The number of carbonyl (C=O) groups excluding carboxylic acids is 2. The predicted molar refractivity (Wildman–Crippen MR) is 111 cm³/mol. The van der Waals surface area contributed by atoms with Gasteiger partial charge in [0.2, 0.25) is 5.89 Å². The summed E-state index contributed by atoms with van der Waals surface area (Å²) in [5.74, 6) is -0.683. The van der Waals surface area contributed by atoms with Crippen LogP contribution in [0.15, 0.2) is 75.9 Å². The van der Waals surface area contributed by atoms with Crippen molar-refractivity contribution in [2.45, 2.75) is 6.54 Å². The molecule has 0 N–H and O–H groups in total. The van der Waals surface area contributed by atoms with Crippen LogP contribution in [-0.2, 0) is 6.54 Å². The Balaban J connectivity index is 1.52. The van der Waals surface area contributed by atoms with Crippen molar-refractivity contribution in [2.75, 3.05) is 0 Å². The second-order valence-electron chi connectivity index (χ2n) is 6.91. The van der Waals surface area contributed by atoms with Crippen molar-refractivity contribution in [3.8, 4) is 11.5 Å². The van der Waals surface area contributed by atoms with Crippen LogP contribution in [0.3, 0.4) is 0 Å². The summed E-state index contributed by atoms with van der Waals surface area (Å²) in [6.45, 7) is 0.141. The first kappa shape index (κ1) is 18.3. The van der Waals surface area contributed by atoms with Crippen LogP contribution in [0, 0.1) is 0 Å². The third kappa shape index (κ3) is 2.98. The summed E-state index contributed by atoms with van der Waals surface area (Å²) in [5, 5.41) is 0.956. The molecule has 5 rings (SSSR count). The zero-order valence-electron chi connectivity index (χ0n) is 15.5. The van der Waals surface area contributed by atoms with Crippen molar-refractivity contribution in [3.05, 3.63) is 98.9 Å². The van der Waals surface area contributed by atoms with Gasteiger partial charge in [-0.05, 0) is 48.0 Å². The Labute approximate surface area is 175 Å². The normalized spacial score (nSPS) is 13.2. The first-order valence-corrected chi connectivity index (χ1v) is 9.54. The van der Waals surface area contributed by atoms with Crippen LogP contribution < -0.4 is 5.63 Å². The first-order chi connectivity index (χ1) is 14.5. The molecule has 0 bridgehead atoms. The van der Waals surface area contributed by atoms with Gasteiger partial charge in [-0.25, -0.2) is 9.78 Å². The average Bonchev–Trinajstić information content (AvgIpc) is 2.99. The maximum absolute atomic E-state index is 12.9. The highest BCUT2D eigenvalue weighted by atomic mass is 35.5. The lowest BCUT2D eigenvalue weighted by atomic mass is 10.1. The van der Waals surface area contributed by atoms with Crippen LogP contribution in [-0.4, -0.2) is 21.7 Å². The van der Waals surface area contributed by atoms with E-state index in [4.69, 9.17) is 16.0 Å². The molecule has 0 atom stereocenters. The summed E-state index contributed by atoms with van der Waals surface area (Å²) in [6.07, 6.45) is 0. The van der Waals surface area contributed by atoms with E-state index in [1.165, 1.54) is 11.0 Å². The highest BCUT2D eigenvalue weighted by Crippen LogP contribution is 2.29. The summed E-state index contributed by atoms with van der Waals surface area (Å²) >= 11 is 5.90. The highest BCUT2D eigenvalue weighted by molar-refractivity contribution is 6.30. The maximum atomic E-state index is 12.9. The zero-order chi connectivity index (χ0) is 20.8. The minimum Gasteiger partial charge on any atom is -0.403 e. The fraction of sp³-hybridized carbons (Fsp3) is 0.0435. The van der Waals surface area contributed by atoms with Crippen LogP contribution in [0.4, 0.5) is 0 Å². The molecule has 7 heteroatoms. The Morgan fingerprint density at radius 3 is 2.40 bits per heavy atom. The lowest BCUT2D eigenvalue weighted by Gasteiger charge is -2.13. The van der Waals surface area contributed by atoms with Crippen molar-refractivity contribution < 1.29 is 14.0 Å². The summed E-state index contributed by atoms with van der Waals surface area (Å²) in [5.41, 5.74) is 1.78. The van der Waals surface area contributed by atoms with Gasteiger partial charge in [-0.1, -0.05) is 35.9 Å². The maximum Gasteiger partial charge on any atom is 0.347 e. The molecule has 3 aromatic carbocycles. The summed E-state index contributed by atoms with van der Waals surface area (Å²) < 4.78 is 5.34. The minimum absolute atomic E-state index is 0.0953. The lowest BCUT2D eigenvalue weighted by Crippen LogP contribution is -2.29. The number of nitrogens with zero attached hydrogens (tertiary/aromatic N) is 2. The van der Waals surface area contributed by atoms with Gasteiger partial charge in [0.15, 0.2) is 0 Å². The lowest BCUT2D eigenvalue weighted by molar-refractivity contribution is 0.0642. The molecule has 6 nitrogen and oxygen atoms in total. The van der Waals surface area contributed by atoms with E-state index < -0.39 is 11.5 Å². The molecular formula is C23H13ClN2O4. The number of carbonyl (C=O) groups is 2. The van der Waals surface area contributed by atoms with E-state index in [9.17, 15) is 14.4 Å². The van der Waals surface area contributed by atoms with Crippen LogP contribution in [0.25, 0.3) is 22.4 Å². The number of hydrogen-bond donors (Lipinski definition) is 0. The number of rotatable bonds is 3. The predicted octanol–water partition coefficient (Wildman–Crippen LogP) is 4.30. The van der Waals surface area contributed by atoms with Crippen molar-refractivity contribution in [1.29, 1.82) is 0 Å². The van der Waals surface area contributed by atoms with Crippen LogP contribution in [0.1, 0.15) is 26.3 Å². The largest absolute Gasteiger partial charge is 0.403 e. The van der Waals surface area contributed by atoms with Gasteiger partial charge in [0.1, 0.15) is 0 Å². The molecule has 2 amide bonds. The van der Waals surface area contributed by atoms with Gasteiger partial charge in [0.25, 0.3) is 11.8 Å². The van der Waals surface area contributed by atoms with E-state index in [0.29, 0.717) is 27.1 Å². The average molecular weight is 417 g/mol. The molecule has 1 aliphatic rings. The fourth-order valence-corrected chi connectivity index (χ4v) is 3.61. The smallest absolute Gasteiger partial charge is 0.347 e. The van der Waals surface area contributed by atoms with E-state index in [2.05, 4.69) is 4.98 Å². The molecule has 0 fully saturated rings. The van der Waals surface area contributed by atoms with Gasteiger partial charge < -0.3 is 4.42 Å². The SMILES string of the molecule is O=C1c2ccc(-c3nc4ccccc4c(=O)o3)cc2C(=O)N1Cc1ccc(Cl)cc1. The molecular weight excluding hydrogens is 404 g/mol. The molecule has 1 aromatic heterocycles. The second-order valence-corrected chi connectivity index (χ2v) is 7.34. The number of hydrogen-bond acceptors (Lipinski definition) is 5. The van der Waals surface area contributed by atoms with Gasteiger partial charge >= 0.3 is 5.63 Å². The number of benzene rings is 3. The summed E-state index contributed by atoms with van der Waals surface area (Å²) in [4.78, 5) is 43.5. The van der Waals surface area contributed by atoms with E-state index in [0.717, 1.165) is 5.56 Å². The standard InChI is InChI=1S/C23H13ClN2O4/c24-15-8-5-13(6-9-15)12-26-21(27)16-10-7-14(11-18(16)22(26)28)20-25-19-4-2-1-3-17(19)23(29)30-20/h1-11H,12H2. The first-order valence-electron chi connectivity index (χ1n) is 9.16. The Morgan fingerprint density at radius 2 is 1.60 bits per heavy atom. The highest BCUT2D eigenvalue weighted by Gasteiger charge is 2.35. The van der Waals surface area contributed by atoms with Gasteiger partial charge in [-0.3, -0.25) is 14.5 Å². The molecule has 0 saturated carbocycles. The quantitative estimate of drug-likeness (QED) is 0.465. The zero-order valence-corrected chi connectivity index (χ0v) is 16.2. The molecule has 4 aromatic rings. The minimum atomic E-state index is -0.511. The molecule has 0 saturated heterocycles. The Hall–Kier alpha value is -3.77. The number of para-hydroxylation sites is 1. The van der Waals surface area contributed by atoms with Gasteiger partial charge in [-0.15, -0.1) is 0 Å². The Morgan fingerprint density at radius 1 is 0.867 bits per heavy atom. The molecule has 2 heterocycles. The van der Waals surface area contributed by atoms with Gasteiger partial charge in [0, 0.05) is 10.6 Å².